The molecule has 6 aromatic rings. The van der Waals surface area contributed by atoms with Gasteiger partial charge in [0.25, 0.3) is 36.0 Å². The number of unbranched alkanes of at least 4 members (excludes halogenated alkanes) is 5. The van der Waals surface area contributed by atoms with Gasteiger partial charge in [-0.05, 0) is 169 Å². The summed E-state index contributed by atoms with van der Waals surface area (Å²) in [6, 6.07) is 24.0. The van der Waals surface area contributed by atoms with Gasteiger partial charge in [-0.3, -0.25) is 33.6 Å². The molecule has 11 heterocycles. The zero-order chi connectivity index (χ0) is 80.0. The van der Waals surface area contributed by atoms with Crippen molar-refractivity contribution in [2.45, 2.75) is 204 Å². The molecule has 1 N–H and O–H groups in total. The molecular weight excluding hydrogens is 1790 g/mol. The number of nitrogens with one attached hydrogen (secondary N) is 1. The number of hydrogen-bond acceptors (Lipinski definition) is 17. The summed E-state index contributed by atoms with van der Waals surface area (Å²) in [7, 11) is 4.34. The standard InChI is InChI=1S/C30H38Br2N2O2S2.C30H40N2O2S2.C15H9NO2S2.C8H17Br.CH2O3.BHNS.2K.H/c1-5-9-11-19(7-3)17-33-27(21-13-15-23(31)37-21)25-26(29(33)35)28(22-14-16-24(32)38-22)34(30(25)36)18-20(8-4)12-10-6-2;1-5-9-13-21(7-3)19-31-27(23-15-11-17-35-23)25-26(29(31)33)28(24-16-12-18-36-24)32(30(25)34)20-22(8-4)14-10-6-2;17-9-7-8(10-3-1-5-19-10)12-13(9)14(16-15(12)18)11-4-2-6-20-11;1-3-5-6-8(4-2)7-9;2-1-4-3;1-2-3;;;/h13-16,19-20H,5-12,17-18H2,1-4H3;11-12,15-18,21-22H,5-10,13-14,19-20H2,1-4H3;1-6H,7H2,(H,16,18);8H,3-7H2,1-2H3;1,3H;3H;;;/q;;;;;;2*+1;-1/p-1. The predicted octanol–water partition coefficient (Wildman–Crippen LogP) is 17.0. The van der Waals surface area contributed by atoms with Crippen LogP contribution in [0, 0.1) is 29.6 Å². The van der Waals surface area contributed by atoms with Gasteiger partial charge in [0.2, 0.25) is 0 Å². The number of amides is 5. The Balaban J connectivity index is 0.000000330. The van der Waals surface area contributed by atoms with Crippen LogP contribution < -0.4 is 113 Å². The predicted molar refractivity (Wildman–Crippen MR) is 473 cm³/mol. The molecule has 15 nitrogen and oxygen atoms in total. The molecule has 0 aromatic carbocycles. The quantitative estimate of drug-likeness (QED) is 0.00963. The summed E-state index contributed by atoms with van der Waals surface area (Å²) < 4.78 is 4.69. The van der Waals surface area contributed by atoms with Crippen LogP contribution in [0.3, 0.4) is 0 Å². The van der Waals surface area contributed by atoms with Crippen LogP contribution in [0.25, 0.3) is 34.1 Å². The molecule has 0 fully saturated rings. The Morgan fingerprint density at radius 1 is 0.482 bits per heavy atom. The number of Topliss-reactive ketones (excluding diaryl/α,β-unsaturated/α-hetero) is 1. The third-order valence-electron chi connectivity index (χ3n) is 20.7. The van der Waals surface area contributed by atoms with Crippen molar-refractivity contribution in [1.29, 1.82) is 0 Å². The molecule has 1 radical (unpaired) electrons. The molecule has 5 unspecified atom stereocenters. The Bertz CT molecular complexity index is 3980. The van der Waals surface area contributed by atoms with E-state index in [2.05, 4.69) is 164 Å². The SMILES string of the molecule is CCCCC(CC)CBr.CCCCC(CC)CN1C(=O)C2=C(c3ccc(Br)s3)N(CC(CC)CCCC)C(=O)C2=C1c1ccc(Br)s1.CCCCC(CC)CN1C(=O)C2=C(c3cccs3)N(CC(CC)CCCC)C(=O)C2=C1c1cccs1.O=C1CC(c2cccs2)=C2C(=O)NC(c3cccs3)=C12.O=CO[O-].[B]=NS.[H-].[K+].[K+]. The van der Waals surface area contributed by atoms with Gasteiger partial charge in [0, 0.05) is 42.8 Å². The topological polar surface area (TPSA) is 189 Å². The van der Waals surface area contributed by atoms with Crippen LogP contribution in [0.4, 0.5) is 0 Å². The van der Waals surface area contributed by atoms with E-state index in [0.29, 0.717) is 95.4 Å². The monoisotopic (exact) mass is 1890 g/mol. The first kappa shape index (κ1) is 101. The van der Waals surface area contributed by atoms with Crippen molar-refractivity contribution in [3.63, 3.8) is 0 Å². The first-order valence-electron chi connectivity index (χ1n) is 38.9. The van der Waals surface area contributed by atoms with E-state index in [1.807, 2.05) is 102 Å². The molecule has 112 heavy (non-hydrogen) atoms. The minimum absolute atomic E-state index is 0. The molecule has 28 heteroatoms. The Morgan fingerprint density at radius 3 is 1.04 bits per heavy atom. The van der Waals surface area contributed by atoms with Gasteiger partial charge in [0.1, 0.15) is 0 Å². The molecule has 5 atom stereocenters. The number of rotatable bonds is 36. The first-order chi connectivity index (χ1) is 53.3. The molecule has 0 saturated heterocycles. The van der Waals surface area contributed by atoms with E-state index in [0.717, 1.165) is 174 Å². The summed E-state index contributed by atoms with van der Waals surface area (Å²) in [5, 5.41) is 20.5. The van der Waals surface area contributed by atoms with Gasteiger partial charge in [0.05, 0.1) is 93.9 Å². The molecular formula is C84H107BBr3K2N6O9S7. The molecule has 595 valence electrons. The Morgan fingerprint density at radius 2 is 0.777 bits per heavy atom. The summed E-state index contributed by atoms with van der Waals surface area (Å²) in [5.41, 5.74) is 8.41. The number of fused-ring (bicyclic) bond motifs is 3. The zero-order valence-corrected chi connectivity index (χ0v) is 83.9. The van der Waals surface area contributed by atoms with Gasteiger partial charge in [-0.15, -0.1) is 68.0 Å². The molecule has 6 aliphatic rings. The number of alkyl halides is 1. The van der Waals surface area contributed by atoms with Crippen LogP contribution in [-0.2, 0) is 38.4 Å². The summed E-state index contributed by atoms with van der Waals surface area (Å²) in [4.78, 5) is 107. The van der Waals surface area contributed by atoms with Gasteiger partial charge in [-0.2, -0.15) is 0 Å². The van der Waals surface area contributed by atoms with E-state index in [4.69, 9.17) is 10.1 Å². The van der Waals surface area contributed by atoms with E-state index >= 15 is 0 Å². The third-order valence-corrected chi connectivity index (χ3v) is 28.4. The molecule has 5 aliphatic heterocycles. The Kier molecular flexibility index (Phi) is 47.5. The fourth-order valence-electron chi connectivity index (χ4n) is 14.5. The minimum atomic E-state index is -0.181. The maximum Gasteiger partial charge on any atom is 1.00 e. The van der Waals surface area contributed by atoms with Crippen molar-refractivity contribution in [2.75, 3.05) is 31.5 Å². The van der Waals surface area contributed by atoms with Crippen LogP contribution in [0.2, 0.25) is 0 Å². The van der Waals surface area contributed by atoms with E-state index in [9.17, 15) is 28.8 Å². The number of allylic oxidation sites excluding steroid dienone is 1. The summed E-state index contributed by atoms with van der Waals surface area (Å²) in [6.45, 7) is 24.7. The third kappa shape index (κ3) is 26.3. The molecule has 0 saturated carbocycles. The largest absolute Gasteiger partial charge is 1.00 e. The fourth-order valence-corrected chi connectivity index (χ4v) is 21.2. The number of ketones is 1. The van der Waals surface area contributed by atoms with Crippen molar-refractivity contribution < 1.29 is 148 Å². The van der Waals surface area contributed by atoms with Crippen molar-refractivity contribution in [3.05, 3.63) is 165 Å². The summed E-state index contributed by atoms with van der Waals surface area (Å²) in [6.07, 6.45) is 23.5. The van der Waals surface area contributed by atoms with E-state index in [1.54, 1.807) is 56.7 Å². The Labute approximate surface area is 807 Å². The zero-order valence-electron chi connectivity index (χ0n) is 68.1. The van der Waals surface area contributed by atoms with Crippen LogP contribution in [0.5, 0.6) is 0 Å². The first-order valence-corrected chi connectivity index (χ1v) is 47.1. The van der Waals surface area contributed by atoms with Crippen molar-refractivity contribution in [2.24, 2.45) is 33.9 Å². The molecule has 1 aliphatic carbocycles. The number of carbonyl (C=O) groups excluding carboxylic acids is 7. The normalized spacial score (nSPS) is 16.1. The van der Waals surface area contributed by atoms with Crippen LogP contribution in [0.15, 0.2) is 140 Å². The van der Waals surface area contributed by atoms with Crippen molar-refractivity contribution in [1.82, 2.24) is 24.9 Å². The van der Waals surface area contributed by atoms with Crippen molar-refractivity contribution in [3.8, 4) is 0 Å². The Hall–Kier alpha value is -1.98. The second-order valence-corrected chi connectivity index (χ2v) is 37.5. The van der Waals surface area contributed by atoms with Crippen LogP contribution in [-0.4, -0.2) is 101 Å². The van der Waals surface area contributed by atoms with Crippen LogP contribution in [0.1, 0.15) is 235 Å². The molecule has 12 rings (SSSR count). The minimum Gasteiger partial charge on any atom is -1.00 e. The molecule has 6 aromatic heterocycles. The summed E-state index contributed by atoms with van der Waals surface area (Å²) in [5.74, 6) is 2.43. The average molecular weight is 1900 g/mol. The van der Waals surface area contributed by atoms with E-state index < -0.39 is 0 Å². The number of thiophene rings is 6. The van der Waals surface area contributed by atoms with E-state index in [-0.39, 0.29) is 146 Å². The molecule has 0 spiro atoms. The number of hydrogen-bond donors (Lipinski definition) is 2. The smallest absolute Gasteiger partial charge is 1.00 e. The van der Waals surface area contributed by atoms with Crippen molar-refractivity contribution >= 4 is 212 Å². The number of carbonyl (C=O) groups is 7. The molecule has 5 amide bonds. The number of halogens is 3. The fraction of sp³-hybridized carbons (Fsp3) is 0.488. The van der Waals surface area contributed by atoms with Crippen LogP contribution >= 0.6 is 129 Å². The van der Waals surface area contributed by atoms with Gasteiger partial charge in [0.15, 0.2) is 5.78 Å². The maximum absolute atomic E-state index is 14.3. The van der Waals surface area contributed by atoms with Gasteiger partial charge in [-0.1, -0.05) is 206 Å². The van der Waals surface area contributed by atoms with Gasteiger partial charge in [-0.25, -0.2) is 0 Å². The van der Waals surface area contributed by atoms with Gasteiger partial charge < -0.3 is 36.5 Å². The average Bonchev–Trinajstić information content (AvgIpc) is 1.56. The van der Waals surface area contributed by atoms with E-state index in [1.165, 1.54) is 42.4 Å². The number of thiol groups is 1. The van der Waals surface area contributed by atoms with Gasteiger partial charge >= 0.3 is 128 Å². The summed E-state index contributed by atoms with van der Waals surface area (Å²) >= 11 is 23.4. The second kappa shape index (κ2) is 52.9. The molecule has 0 bridgehead atoms. The number of nitrogens with zero attached hydrogens (tertiary/aromatic N) is 5. The second-order valence-electron chi connectivity index (χ2n) is 27.9. The maximum atomic E-state index is 14.3.